The van der Waals surface area contributed by atoms with Gasteiger partial charge in [0, 0.05) is 66.4 Å². The number of imide groups is 1. The summed E-state index contributed by atoms with van der Waals surface area (Å²) in [4.78, 5) is 47.6. The second kappa shape index (κ2) is 8.22. The first kappa shape index (κ1) is 20.4. The van der Waals surface area contributed by atoms with Crippen molar-refractivity contribution >= 4 is 28.6 Å². The molecule has 1 aromatic carbocycles. The quantitative estimate of drug-likeness (QED) is 0.643. The van der Waals surface area contributed by atoms with Crippen molar-refractivity contribution in [2.45, 2.75) is 38.5 Å². The predicted octanol–water partition coefficient (Wildman–Crippen LogP) is 3.39. The van der Waals surface area contributed by atoms with E-state index < -0.39 is 0 Å². The summed E-state index contributed by atoms with van der Waals surface area (Å²) < 4.78 is 0. The Morgan fingerprint density at radius 3 is 2.62 bits per heavy atom. The molecule has 2 saturated heterocycles. The lowest BCUT2D eigenvalue weighted by Gasteiger charge is -2.33. The molecule has 0 unspecified atom stereocenters. The molecule has 1 N–H and O–H groups in total. The lowest BCUT2D eigenvalue weighted by atomic mass is 9.89. The summed E-state index contributed by atoms with van der Waals surface area (Å²) in [6, 6.07) is 10.4. The number of pyridine rings is 1. The SMILES string of the molecule is Cc1ccc2[nH]c([C@@H]3CCCN(C(=O)CN4C(=O)CCC4=O)C3)c(-c3ccncc3)c2c1. The first-order valence-corrected chi connectivity index (χ1v) is 11.1. The average molecular weight is 431 g/mol. The minimum Gasteiger partial charge on any atom is -0.358 e. The lowest BCUT2D eigenvalue weighted by Crippen LogP contribution is -2.46. The Balaban J connectivity index is 1.46. The van der Waals surface area contributed by atoms with E-state index in [1.807, 2.05) is 12.1 Å². The molecule has 2 fully saturated rings. The Labute approximate surface area is 186 Å². The van der Waals surface area contributed by atoms with Gasteiger partial charge in [0.25, 0.3) is 0 Å². The number of fused-ring (bicyclic) bond motifs is 1. The van der Waals surface area contributed by atoms with Crippen LogP contribution in [0.15, 0.2) is 42.7 Å². The number of carbonyl (C=O) groups excluding carboxylic acids is 3. The molecule has 4 heterocycles. The number of H-pyrrole nitrogens is 1. The predicted molar refractivity (Wildman–Crippen MR) is 121 cm³/mol. The van der Waals surface area contributed by atoms with E-state index >= 15 is 0 Å². The minimum atomic E-state index is -0.247. The molecule has 2 aliphatic rings. The third kappa shape index (κ3) is 3.68. The number of carbonyl (C=O) groups is 3. The summed E-state index contributed by atoms with van der Waals surface area (Å²) in [5.74, 6) is -0.505. The van der Waals surface area contributed by atoms with Crippen LogP contribution in [0, 0.1) is 6.92 Å². The molecule has 0 saturated carbocycles. The lowest BCUT2D eigenvalue weighted by molar-refractivity contribution is -0.146. The first-order chi connectivity index (χ1) is 15.5. The van der Waals surface area contributed by atoms with Gasteiger partial charge < -0.3 is 9.88 Å². The number of nitrogens with one attached hydrogen (secondary N) is 1. The van der Waals surface area contributed by atoms with Crippen molar-refractivity contribution in [3.63, 3.8) is 0 Å². The van der Waals surface area contributed by atoms with E-state index in [0.717, 1.165) is 40.1 Å². The van der Waals surface area contributed by atoms with Crippen molar-refractivity contribution in [2.75, 3.05) is 19.6 Å². The summed E-state index contributed by atoms with van der Waals surface area (Å²) in [7, 11) is 0. The van der Waals surface area contributed by atoms with Crippen LogP contribution in [-0.4, -0.2) is 57.1 Å². The molecule has 7 nitrogen and oxygen atoms in total. The molecule has 2 aromatic heterocycles. The maximum Gasteiger partial charge on any atom is 0.242 e. The maximum absolute atomic E-state index is 13.0. The molecule has 0 aliphatic carbocycles. The van der Waals surface area contributed by atoms with Gasteiger partial charge >= 0.3 is 0 Å². The number of aromatic nitrogens is 2. The van der Waals surface area contributed by atoms with Crippen LogP contribution < -0.4 is 0 Å². The fraction of sp³-hybridized carbons (Fsp3) is 0.360. The fourth-order valence-electron chi connectivity index (χ4n) is 4.94. The van der Waals surface area contributed by atoms with Gasteiger partial charge in [0.05, 0.1) is 0 Å². The zero-order valence-corrected chi connectivity index (χ0v) is 18.1. The topological polar surface area (TPSA) is 86.4 Å². The first-order valence-electron chi connectivity index (χ1n) is 11.1. The molecule has 1 atom stereocenters. The number of piperidine rings is 1. The van der Waals surface area contributed by atoms with E-state index in [2.05, 4.69) is 35.1 Å². The molecule has 2 aliphatic heterocycles. The highest BCUT2D eigenvalue weighted by Gasteiger charge is 2.34. The van der Waals surface area contributed by atoms with Crippen LogP contribution in [0.25, 0.3) is 22.0 Å². The van der Waals surface area contributed by atoms with Crippen molar-refractivity contribution in [3.8, 4) is 11.1 Å². The van der Waals surface area contributed by atoms with Crippen LogP contribution in [0.4, 0.5) is 0 Å². The van der Waals surface area contributed by atoms with E-state index in [4.69, 9.17) is 0 Å². The van der Waals surface area contributed by atoms with Gasteiger partial charge in [-0.3, -0.25) is 24.3 Å². The van der Waals surface area contributed by atoms with Crippen LogP contribution in [0.3, 0.4) is 0 Å². The van der Waals surface area contributed by atoms with Crippen LogP contribution in [-0.2, 0) is 14.4 Å². The summed E-state index contributed by atoms with van der Waals surface area (Å²) in [6.45, 7) is 3.16. The molecular formula is C25H26N4O3. The zero-order valence-electron chi connectivity index (χ0n) is 18.1. The van der Waals surface area contributed by atoms with Crippen LogP contribution in [0.5, 0.6) is 0 Å². The van der Waals surface area contributed by atoms with Gasteiger partial charge in [-0.05, 0) is 49.6 Å². The third-order valence-electron chi connectivity index (χ3n) is 6.58. The van der Waals surface area contributed by atoms with E-state index in [0.29, 0.717) is 13.1 Å². The smallest absolute Gasteiger partial charge is 0.242 e. The van der Waals surface area contributed by atoms with E-state index in [1.165, 1.54) is 10.9 Å². The normalized spacial score (nSPS) is 19.2. The van der Waals surface area contributed by atoms with E-state index in [9.17, 15) is 14.4 Å². The van der Waals surface area contributed by atoms with E-state index in [1.54, 1.807) is 17.3 Å². The number of aromatic amines is 1. The number of hydrogen-bond acceptors (Lipinski definition) is 4. The van der Waals surface area contributed by atoms with Crippen molar-refractivity contribution in [3.05, 3.63) is 54.0 Å². The molecular weight excluding hydrogens is 404 g/mol. The van der Waals surface area contributed by atoms with Crippen molar-refractivity contribution in [1.82, 2.24) is 19.8 Å². The number of rotatable bonds is 4. The maximum atomic E-state index is 13.0. The van der Waals surface area contributed by atoms with E-state index in [-0.39, 0.29) is 43.0 Å². The molecule has 32 heavy (non-hydrogen) atoms. The van der Waals surface area contributed by atoms with Crippen LogP contribution in [0.2, 0.25) is 0 Å². The largest absolute Gasteiger partial charge is 0.358 e. The Hall–Kier alpha value is -3.48. The fourth-order valence-corrected chi connectivity index (χ4v) is 4.94. The summed E-state index contributed by atoms with van der Waals surface area (Å²) in [6.07, 6.45) is 5.86. The highest BCUT2D eigenvalue weighted by atomic mass is 16.2. The number of hydrogen-bond donors (Lipinski definition) is 1. The Morgan fingerprint density at radius 1 is 1.12 bits per heavy atom. The molecule has 0 bridgehead atoms. The number of amides is 3. The average Bonchev–Trinajstić information content (AvgIpc) is 3.34. The summed E-state index contributed by atoms with van der Waals surface area (Å²) >= 11 is 0. The van der Waals surface area contributed by atoms with Gasteiger partial charge in [0.15, 0.2) is 0 Å². The van der Waals surface area contributed by atoms with Gasteiger partial charge in [0.2, 0.25) is 17.7 Å². The second-order valence-electron chi connectivity index (χ2n) is 8.75. The summed E-state index contributed by atoms with van der Waals surface area (Å²) in [5, 5.41) is 1.17. The van der Waals surface area contributed by atoms with Crippen LogP contribution in [0.1, 0.15) is 42.9 Å². The molecule has 3 amide bonds. The van der Waals surface area contributed by atoms with Gasteiger partial charge in [0.1, 0.15) is 6.54 Å². The van der Waals surface area contributed by atoms with Gasteiger partial charge in [-0.25, -0.2) is 0 Å². The Kier molecular flexibility index (Phi) is 5.25. The zero-order chi connectivity index (χ0) is 22.2. The second-order valence-corrected chi connectivity index (χ2v) is 8.75. The number of nitrogens with zero attached hydrogens (tertiary/aromatic N) is 3. The minimum absolute atomic E-state index is 0.145. The highest BCUT2D eigenvalue weighted by Crippen LogP contribution is 2.39. The van der Waals surface area contributed by atoms with Crippen LogP contribution >= 0.6 is 0 Å². The highest BCUT2D eigenvalue weighted by molar-refractivity contribution is 6.04. The summed E-state index contributed by atoms with van der Waals surface area (Å²) in [5.41, 5.74) is 5.66. The van der Waals surface area contributed by atoms with Gasteiger partial charge in [-0.15, -0.1) is 0 Å². The van der Waals surface area contributed by atoms with Gasteiger partial charge in [-0.2, -0.15) is 0 Å². The van der Waals surface area contributed by atoms with Gasteiger partial charge in [-0.1, -0.05) is 11.6 Å². The Morgan fingerprint density at radius 2 is 1.88 bits per heavy atom. The van der Waals surface area contributed by atoms with Crippen molar-refractivity contribution in [1.29, 1.82) is 0 Å². The molecule has 5 rings (SSSR count). The number of benzene rings is 1. The standard InChI is InChI=1S/C25H26N4O3/c1-16-4-5-20-19(13-16)24(17-8-10-26-11-9-17)25(27-20)18-3-2-12-28(14-18)23(32)15-29-21(30)6-7-22(29)31/h4-5,8-11,13,18,27H,2-3,6-7,12,14-15H2,1H3/t18-/m1/s1. The van der Waals surface area contributed by atoms with Crippen molar-refractivity contribution in [2.24, 2.45) is 0 Å². The monoisotopic (exact) mass is 430 g/mol. The van der Waals surface area contributed by atoms with Crippen molar-refractivity contribution < 1.29 is 14.4 Å². The third-order valence-corrected chi connectivity index (χ3v) is 6.58. The number of likely N-dealkylation sites (tertiary alicyclic amines) is 2. The molecule has 3 aromatic rings. The molecule has 0 spiro atoms. The number of aryl methyl sites for hydroxylation is 1. The molecule has 164 valence electrons. The molecule has 7 heteroatoms. The Bertz CT molecular complexity index is 1180. The molecule has 0 radical (unpaired) electrons.